The Hall–Kier alpha value is -0.540. The first kappa shape index (κ1) is 12.5. The number of halogens is 1. The fourth-order valence-electron chi connectivity index (χ4n) is 1.50. The van der Waals surface area contributed by atoms with E-state index in [1.165, 1.54) is 0 Å². The Bertz CT molecular complexity index is 325. The van der Waals surface area contributed by atoms with Crippen molar-refractivity contribution in [2.45, 2.75) is 32.7 Å². The van der Waals surface area contributed by atoms with Crippen LogP contribution in [0.2, 0.25) is 0 Å². The van der Waals surface area contributed by atoms with E-state index in [9.17, 15) is 5.11 Å². The van der Waals surface area contributed by atoms with Crippen molar-refractivity contribution in [2.75, 3.05) is 0 Å². The van der Waals surface area contributed by atoms with Crippen LogP contribution in [-0.4, -0.2) is 5.11 Å². The first-order valence-corrected chi connectivity index (χ1v) is 6.04. The van der Waals surface area contributed by atoms with Gasteiger partial charge in [0, 0.05) is 16.1 Å². The van der Waals surface area contributed by atoms with Crippen molar-refractivity contribution in [1.82, 2.24) is 0 Å². The second-order valence-corrected chi connectivity index (χ2v) is 5.20. The molecular weight excluding hydrogens is 254 g/mol. The molecule has 0 unspecified atom stereocenters. The van der Waals surface area contributed by atoms with Crippen molar-refractivity contribution in [2.24, 2.45) is 11.7 Å². The average Bonchev–Trinajstić information content (AvgIpc) is 2.14. The highest BCUT2D eigenvalue weighted by molar-refractivity contribution is 9.10. The maximum absolute atomic E-state index is 9.72. The van der Waals surface area contributed by atoms with Crippen molar-refractivity contribution in [3.63, 3.8) is 0 Å². The fraction of sp³-hybridized carbons (Fsp3) is 0.500. The summed E-state index contributed by atoms with van der Waals surface area (Å²) < 4.78 is 0.875. The lowest BCUT2D eigenvalue weighted by Gasteiger charge is -2.15. The maximum atomic E-state index is 9.72. The second kappa shape index (κ2) is 5.52. The molecule has 2 nitrogen and oxygen atoms in total. The Morgan fingerprint density at radius 2 is 2.00 bits per heavy atom. The van der Waals surface area contributed by atoms with Gasteiger partial charge >= 0.3 is 0 Å². The normalized spacial score (nSPS) is 13.1. The third kappa shape index (κ3) is 3.84. The summed E-state index contributed by atoms with van der Waals surface area (Å²) in [6.45, 7) is 4.35. The highest BCUT2D eigenvalue weighted by Crippen LogP contribution is 2.29. The lowest BCUT2D eigenvalue weighted by molar-refractivity contribution is 0.448. The molecule has 0 fully saturated rings. The summed E-state index contributed by atoms with van der Waals surface area (Å²) >= 11 is 3.31. The van der Waals surface area contributed by atoms with E-state index in [1.54, 1.807) is 6.07 Å². The van der Waals surface area contributed by atoms with Crippen LogP contribution in [0, 0.1) is 5.92 Å². The van der Waals surface area contributed by atoms with Crippen LogP contribution in [0.1, 0.15) is 38.3 Å². The van der Waals surface area contributed by atoms with Gasteiger partial charge in [0.05, 0.1) is 0 Å². The Labute approximate surface area is 99.6 Å². The molecular formula is C12H18BrNO. The zero-order valence-corrected chi connectivity index (χ0v) is 10.8. The third-order valence-corrected chi connectivity index (χ3v) is 2.94. The Kier molecular flexibility index (Phi) is 4.61. The molecule has 84 valence electrons. The van der Waals surface area contributed by atoms with Crippen LogP contribution in [0.25, 0.3) is 0 Å². The molecule has 0 aliphatic heterocycles. The van der Waals surface area contributed by atoms with Gasteiger partial charge in [0.15, 0.2) is 0 Å². The van der Waals surface area contributed by atoms with E-state index in [0.717, 1.165) is 22.9 Å². The number of nitrogens with two attached hydrogens (primary N) is 1. The molecule has 1 aromatic carbocycles. The zero-order valence-electron chi connectivity index (χ0n) is 9.20. The van der Waals surface area contributed by atoms with Crippen molar-refractivity contribution >= 4 is 15.9 Å². The second-order valence-electron chi connectivity index (χ2n) is 4.28. The van der Waals surface area contributed by atoms with E-state index < -0.39 is 0 Å². The SMILES string of the molecule is CC(C)CC[C@@H](N)c1ccc(Br)cc1O. The minimum Gasteiger partial charge on any atom is -0.508 e. The van der Waals surface area contributed by atoms with Crippen LogP contribution in [0.4, 0.5) is 0 Å². The van der Waals surface area contributed by atoms with Crippen LogP contribution >= 0.6 is 15.9 Å². The first-order valence-electron chi connectivity index (χ1n) is 5.24. The lowest BCUT2D eigenvalue weighted by Crippen LogP contribution is -2.11. The molecule has 15 heavy (non-hydrogen) atoms. The minimum absolute atomic E-state index is 0.0690. The van der Waals surface area contributed by atoms with Crippen LogP contribution in [-0.2, 0) is 0 Å². The van der Waals surface area contributed by atoms with Gasteiger partial charge < -0.3 is 10.8 Å². The third-order valence-electron chi connectivity index (χ3n) is 2.45. The van der Waals surface area contributed by atoms with Gasteiger partial charge in [-0.05, 0) is 30.9 Å². The van der Waals surface area contributed by atoms with Crippen molar-refractivity contribution in [3.8, 4) is 5.75 Å². The van der Waals surface area contributed by atoms with Gasteiger partial charge in [0.25, 0.3) is 0 Å². The molecule has 0 bridgehead atoms. The monoisotopic (exact) mass is 271 g/mol. The molecule has 1 aromatic rings. The molecule has 0 radical (unpaired) electrons. The van der Waals surface area contributed by atoms with Crippen molar-refractivity contribution in [3.05, 3.63) is 28.2 Å². The topological polar surface area (TPSA) is 46.2 Å². The van der Waals surface area contributed by atoms with Gasteiger partial charge in [0.2, 0.25) is 0 Å². The summed E-state index contributed by atoms with van der Waals surface area (Å²) in [5.41, 5.74) is 6.85. The van der Waals surface area contributed by atoms with E-state index >= 15 is 0 Å². The Balaban J connectivity index is 2.69. The van der Waals surface area contributed by atoms with Crippen LogP contribution in [0.15, 0.2) is 22.7 Å². The molecule has 0 spiro atoms. The summed E-state index contributed by atoms with van der Waals surface area (Å²) in [6.07, 6.45) is 1.99. The van der Waals surface area contributed by atoms with Gasteiger partial charge in [-0.1, -0.05) is 35.8 Å². The minimum atomic E-state index is -0.0690. The molecule has 1 atom stereocenters. The summed E-state index contributed by atoms with van der Waals surface area (Å²) in [5.74, 6) is 0.925. The quantitative estimate of drug-likeness (QED) is 0.879. The van der Waals surface area contributed by atoms with E-state index in [4.69, 9.17) is 5.73 Å². The maximum Gasteiger partial charge on any atom is 0.121 e. The van der Waals surface area contributed by atoms with Gasteiger partial charge in [-0.25, -0.2) is 0 Å². The van der Waals surface area contributed by atoms with Crippen molar-refractivity contribution in [1.29, 1.82) is 0 Å². The van der Waals surface area contributed by atoms with Crippen LogP contribution in [0.5, 0.6) is 5.75 Å². The van der Waals surface area contributed by atoms with Gasteiger partial charge in [-0.3, -0.25) is 0 Å². The molecule has 3 N–H and O–H groups in total. The molecule has 0 aromatic heterocycles. The highest BCUT2D eigenvalue weighted by Gasteiger charge is 2.11. The van der Waals surface area contributed by atoms with E-state index in [0.29, 0.717) is 5.92 Å². The predicted molar refractivity (Wildman–Crippen MR) is 66.8 cm³/mol. The number of rotatable bonds is 4. The largest absolute Gasteiger partial charge is 0.508 e. The Morgan fingerprint density at radius 1 is 1.33 bits per heavy atom. The molecule has 0 amide bonds. The molecule has 0 aliphatic rings. The number of hydrogen-bond donors (Lipinski definition) is 2. The number of hydrogen-bond acceptors (Lipinski definition) is 2. The summed E-state index contributed by atoms with van der Waals surface area (Å²) in [5, 5.41) is 9.72. The van der Waals surface area contributed by atoms with E-state index in [2.05, 4.69) is 29.8 Å². The highest BCUT2D eigenvalue weighted by atomic mass is 79.9. The van der Waals surface area contributed by atoms with Gasteiger partial charge in [0.1, 0.15) is 5.75 Å². The van der Waals surface area contributed by atoms with E-state index in [1.807, 2.05) is 12.1 Å². The van der Waals surface area contributed by atoms with Crippen LogP contribution < -0.4 is 5.73 Å². The number of aromatic hydroxyl groups is 1. The molecule has 0 saturated carbocycles. The predicted octanol–water partition coefficient (Wildman–Crippen LogP) is 3.59. The number of phenols is 1. The Morgan fingerprint density at radius 3 is 2.53 bits per heavy atom. The van der Waals surface area contributed by atoms with Gasteiger partial charge in [-0.15, -0.1) is 0 Å². The fourth-order valence-corrected chi connectivity index (χ4v) is 1.85. The molecule has 1 rings (SSSR count). The number of phenolic OH excluding ortho intramolecular Hbond substituents is 1. The number of benzene rings is 1. The summed E-state index contributed by atoms with van der Waals surface area (Å²) in [7, 11) is 0. The first-order chi connectivity index (χ1) is 7.00. The summed E-state index contributed by atoms with van der Waals surface area (Å²) in [4.78, 5) is 0. The van der Waals surface area contributed by atoms with Crippen molar-refractivity contribution < 1.29 is 5.11 Å². The van der Waals surface area contributed by atoms with E-state index in [-0.39, 0.29) is 11.8 Å². The summed E-state index contributed by atoms with van der Waals surface area (Å²) in [6, 6.07) is 5.40. The molecule has 0 aliphatic carbocycles. The van der Waals surface area contributed by atoms with Crippen LogP contribution in [0.3, 0.4) is 0 Å². The lowest BCUT2D eigenvalue weighted by atomic mass is 9.98. The standard InChI is InChI=1S/C12H18BrNO/c1-8(2)3-6-11(14)10-5-4-9(13)7-12(10)15/h4-5,7-8,11,15H,3,6,14H2,1-2H3/t11-/m1/s1. The zero-order chi connectivity index (χ0) is 11.4. The van der Waals surface area contributed by atoms with Gasteiger partial charge in [-0.2, -0.15) is 0 Å². The molecule has 3 heteroatoms. The smallest absolute Gasteiger partial charge is 0.121 e. The average molecular weight is 272 g/mol. The molecule has 0 heterocycles. The molecule has 0 saturated heterocycles.